The topological polar surface area (TPSA) is 96.0 Å². The number of H-pyrrole nitrogens is 2. The number of hydrogen-bond acceptors (Lipinski definition) is 5. The molecule has 21 heavy (non-hydrogen) atoms. The van der Waals surface area contributed by atoms with Crippen LogP contribution in [0, 0.1) is 0 Å². The van der Waals surface area contributed by atoms with E-state index in [0.717, 1.165) is 22.2 Å². The van der Waals surface area contributed by atoms with E-state index in [2.05, 4.69) is 35.6 Å². The van der Waals surface area contributed by atoms with Gasteiger partial charge in [-0.3, -0.25) is 0 Å². The lowest BCUT2D eigenvalue weighted by atomic mass is 10.1. The molecule has 7 nitrogen and oxygen atoms in total. The highest BCUT2D eigenvalue weighted by molar-refractivity contribution is 6.35. The molecule has 0 fully saturated rings. The van der Waals surface area contributed by atoms with Crippen molar-refractivity contribution in [1.82, 2.24) is 35.6 Å². The molecule has 0 bridgehead atoms. The molecular formula is C13H8ClN7. The van der Waals surface area contributed by atoms with Gasteiger partial charge in [-0.15, -0.1) is 10.2 Å². The second kappa shape index (κ2) is 4.64. The zero-order valence-electron chi connectivity index (χ0n) is 10.6. The van der Waals surface area contributed by atoms with Crippen LogP contribution in [-0.4, -0.2) is 35.6 Å². The molecule has 0 unspecified atom stereocenters. The Kier molecular flexibility index (Phi) is 2.65. The van der Waals surface area contributed by atoms with Crippen LogP contribution >= 0.6 is 11.6 Å². The minimum absolute atomic E-state index is 0.424. The number of hydrogen-bond donors (Lipinski definition) is 2. The highest BCUT2D eigenvalue weighted by Gasteiger charge is 2.10. The van der Waals surface area contributed by atoms with Gasteiger partial charge >= 0.3 is 0 Å². The van der Waals surface area contributed by atoms with Crippen LogP contribution in [0.5, 0.6) is 0 Å². The molecule has 0 aliphatic carbocycles. The molecule has 0 atom stereocenters. The first-order chi connectivity index (χ1) is 10.3. The van der Waals surface area contributed by atoms with Crippen LogP contribution < -0.4 is 0 Å². The number of aromatic nitrogens is 7. The van der Waals surface area contributed by atoms with Gasteiger partial charge in [-0.05, 0) is 29.5 Å². The third-order valence-electron chi connectivity index (χ3n) is 3.15. The van der Waals surface area contributed by atoms with E-state index in [9.17, 15) is 0 Å². The Balaban J connectivity index is 1.86. The minimum Gasteiger partial charge on any atom is -0.360 e. The van der Waals surface area contributed by atoms with E-state index >= 15 is 0 Å². The standard InChI is InChI=1S/C13H8ClN7/c14-9-4-8(3-7-1-2-15-12(7)9)10-5-11(17-6-16-10)13-18-20-21-19-13/h1-6,15H,(H,18,19,20,21). The van der Waals surface area contributed by atoms with E-state index in [1.807, 2.05) is 24.4 Å². The normalized spacial score (nSPS) is 11.1. The predicted octanol–water partition coefficient (Wildman–Crippen LogP) is 2.46. The third kappa shape index (κ3) is 2.03. The van der Waals surface area contributed by atoms with Gasteiger partial charge in [0.1, 0.15) is 12.0 Å². The molecule has 2 N–H and O–H groups in total. The van der Waals surface area contributed by atoms with Crippen LogP contribution in [0.2, 0.25) is 5.02 Å². The van der Waals surface area contributed by atoms with Gasteiger partial charge in [0.15, 0.2) is 0 Å². The summed E-state index contributed by atoms with van der Waals surface area (Å²) in [4.78, 5) is 11.5. The Hall–Kier alpha value is -2.80. The minimum atomic E-state index is 0.424. The van der Waals surface area contributed by atoms with Crippen molar-refractivity contribution in [2.75, 3.05) is 0 Å². The molecule has 3 aromatic heterocycles. The molecule has 0 aliphatic rings. The zero-order valence-corrected chi connectivity index (χ0v) is 11.3. The van der Waals surface area contributed by atoms with E-state index in [4.69, 9.17) is 11.6 Å². The summed E-state index contributed by atoms with van der Waals surface area (Å²) in [6, 6.07) is 7.64. The number of fused-ring (bicyclic) bond motifs is 1. The van der Waals surface area contributed by atoms with Crippen molar-refractivity contribution in [2.45, 2.75) is 0 Å². The molecule has 0 saturated carbocycles. The van der Waals surface area contributed by atoms with Gasteiger partial charge in [0, 0.05) is 17.1 Å². The molecule has 3 heterocycles. The van der Waals surface area contributed by atoms with Crippen molar-refractivity contribution in [3.05, 3.63) is 41.8 Å². The lowest BCUT2D eigenvalue weighted by molar-refractivity contribution is 0.881. The van der Waals surface area contributed by atoms with E-state index in [-0.39, 0.29) is 0 Å². The van der Waals surface area contributed by atoms with Crippen molar-refractivity contribution in [1.29, 1.82) is 0 Å². The summed E-state index contributed by atoms with van der Waals surface area (Å²) in [5.41, 5.74) is 3.15. The van der Waals surface area contributed by atoms with Crippen LogP contribution in [0.3, 0.4) is 0 Å². The lowest BCUT2D eigenvalue weighted by Crippen LogP contribution is -1.91. The number of halogens is 1. The highest BCUT2D eigenvalue weighted by Crippen LogP contribution is 2.29. The Labute approximate surface area is 123 Å². The Morgan fingerprint density at radius 1 is 1.05 bits per heavy atom. The average molecular weight is 298 g/mol. The number of benzene rings is 1. The van der Waals surface area contributed by atoms with Crippen LogP contribution in [0.4, 0.5) is 0 Å². The number of tetrazole rings is 1. The maximum Gasteiger partial charge on any atom is 0.223 e. The van der Waals surface area contributed by atoms with Gasteiger partial charge in [-0.1, -0.05) is 11.6 Å². The molecular weight excluding hydrogens is 290 g/mol. The molecule has 4 aromatic rings. The van der Waals surface area contributed by atoms with Gasteiger partial charge in [0.05, 0.1) is 16.2 Å². The van der Waals surface area contributed by atoms with Crippen LogP contribution in [0.1, 0.15) is 0 Å². The molecule has 102 valence electrons. The van der Waals surface area contributed by atoms with Crippen molar-refractivity contribution in [3.63, 3.8) is 0 Å². The summed E-state index contributed by atoms with van der Waals surface area (Å²) in [6.45, 7) is 0. The molecule has 0 aliphatic heterocycles. The summed E-state index contributed by atoms with van der Waals surface area (Å²) in [5, 5.41) is 15.4. The Morgan fingerprint density at radius 3 is 2.81 bits per heavy atom. The maximum absolute atomic E-state index is 6.28. The van der Waals surface area contributed by atoms with Crippen LogP contribution in [0.15, 0.2) is 36.8 Å². The molecule has 0 amide bonds. The number of rotatable bonds is 2. The molecule has 4 rings (SSSR count). The van der Waals surface area contributed by atoms with Gasteiger partial charge in [-0.25, -0.2) is 9.97 Å². The number of nitrogens with zero attached hydrogens (tertiary/aromatic N) is 5. The second-order valence-corrected chi connectivity index (χ2v) is 4.83. The summed E-state index contributed by atoms with van der Waals surface area (Å²) in [6.07, 6.45) is 3.32. The Morgan fingerprint density at radius 2 is 1.95 bits per heavy atom. The largest absolute Gasteiger partial charge is 0.360 e. The van der Waals surface area contributed by atoms with Gasteiger partial charge in [0.25, 0.3) is 0 Å². The average Bonchev–Trinajstić information content (AvgIpc) is 3.19. The molecule has 8 heteroatoms. The van der Waals surface area contributed by atoms with E-state index < -0.39 is 0 Å². The summed E-state index contributed by atoms with van der Waals surface area (Å²) in [5.74, 6) is 0.424. The Bertz CT molecular complexity index is 913. The summed E-state index contributed by atoms with van der Waals surface area (Å²) >= 11 is 6.28. The second-order valence-electron chi connectivity index (χ2n) is 4.42. The van der Waals surface area contributed by atoms with Gasteiger partial charge in [-0.2, -0.15) is 5.21 Å². The fraction of sp³-hybridized carbons (Fsp3) is 0. The first-order valence-corrected chi connectivity index (χ1v) is 6.52. The first kappa shape index (κ1) is 12.0. The van der Waals surface area contributed by atoms with E-state index in [0.29, 0.717) is 16.5 Å². The van der Waals surface area contributed by atoms with Gasteiger partial charge in [0.2, 0.25) is 5.82 Å². The number of aromatic amines is 2. The van der Waals surface area contributed by atoms with Crippen LogP contribution in [0.25, 0.3) is 33.7 Å². The smallest absolute Gasteiger partial charge is 0.223 e. The quantitative estimate of drug-likeness (QED) is 0.592. The van der Waals surface area contributed by atoms with Crippen molar-refractivity contribution < 1.29 is 0 Å². The molecule has 0 saturated heterocycles. The van der Waals surface area contributed by atoms with Gasteiger partial charge < -0.3 is 4.98 Å². The van der Waals surface area contributed by atoms with E-state index in [1.54, 1.807) is 6.07 Å². The summed E-state index contributed by atoms with van der Waals surface area (Å²) in [7, 11) is 0. The van der Waals surface area contributed by atoms with Crippen molar-refractivity contribution >= 4 is 22.5 Å². The fourth-order valence-electron chi connectivity index (χ4n) is 2.18. The SMILES string of the molecule is Clc1cc(-c2cc(-c3nn[nH]n3)ncn2)cc2cc[nH]c12. The summed E-state index contributed by atoms with van der Waals surface area (Å²) < 4.78 is 0. The van der Waals surface area contributed by atoms with Crippen LogP contribution in [-0.2, 0) is 0 Å². The third-order valence-corrected chi connectivity index (χ3v) is 3.45. The maximum atomic E-state index is 6.28. The molecule has 0 radical (unpaired) electrons. The van der Waals surface area contributed by atoms with Crippen molar-refractivity contribution in [3.8, 4) is 22.8 Å². The molecule has 0 spiro atoms. The zero-order chi connectivity index (χ0) is 14.2. The molecule has 1 aromatic carbocycles. The monoisotopic (exact) mass is 297 g/mol. The predicted molar refractivity (Wildman–Crippen MR) is 77.5 cm³/mol. The lowest BCUT2D eigenvalue weighted by Gasteiger charge is -2.04. The fourth-order valence-corrected chi connectivity index (χ4v) is 2.46. The van der Waals surface area contributed by atoms with E-state index in [1.165, 1.54) is 6.33 Å². The van der Waals surface area contributed by atoms with Crippen molar-refractivity contribution in [2.24, 2.45) is 0 Å². The first-order valence-electron chi connectivity index (χ1n) is 6.14. The highest BCUT2D eigenvalue weighted by atomic mass is 35.5. The number of nitrogens with one attached hydrogen (secondary N) is 2.